The average Bonchev–Trinajstić information content (AvgIpc) is 2.93. The van der Waals surface area contributed by atoms with Crippen molar-refractivity contribution in [3.63, 3.8) is 0 Å². The van der Waals surface area contributed by atoms with Crippen molar-refractivity contribution in [2.75, 3.05) is 44.7 Å². The van der Waals surface area contributed by atoms with Gasteiger partial charge in [0, 0.05) is 43.7 Å². The van der Waals surface area contributed by atoms with Gasteiger partial charge in [0.15, 0.2) is 0 Å². The fourth-order valence-electron chi connectivity index (χ4n) is 3.83. The number of nitrogens with two attached hydrogens (primary N) is 1. The lowest BCUT2D eigenvalue weighted by Crippen LogP contribution is -2.38. The molecule has 1 saturated heterocycles. The number of aliphatic imine (C=N–C) groups is 1. The van der Waals surface area contributed by atoms with Crippen molar-refractivity contribution < 1.29 is 27.4 Å². The highest BCUT2D eigenvalue weighted by atomic mass is 35.5. The van der Waals surface area contributed by atoms with E-state index in [1.165, 1.54) is 18.2 Å². The first-order valence-electron chi connectivity index (χ1n) is 12.4. The number of hydrogen-bond donors (Lipinski definition) is 2. The molecule has 0 spiro atoms. The number of ether oxygens (including phenoxy) is 2. The predicted octanol–water partition coefficient (Wildman–Crippen LogP) is 5.24. The molecule has 4 rings (SSSR count). The Bertz CT molecular complexity index is 1390. The topological polar surface area (TPSA) is 102 Å². The lowest BCUT2D eigenvalue weighted by atomic mass is 10.2. The molecule has 1 fully saturated rings. The summed E-state index contributed by atoms with van der Waals surface area (Å²) in [4.78, 5) is 23.3. The molecule has 2 aromatic carbocycles. The number of nitrogens with one attached hydrogen (secondary N) is 1. The smallest absolute Gasteiger partial charge is 0.417 e. The normalized spacial score (nSPS) is 14.8. The second-order valence-corrected chi connectivity index (χ2v) is 9.19. The molecule has 1 aliphatic heterocycles. The average molecular weight is 574 g/mol. The van der Waals surface area contributed by atoms with Gasteiger partial charge < -0.3 is 20.5 Å². The maximum atomic E-state index is 13.1. The number of hydrogen-bond acceptors (Lipinski definition) is 6. The molecule has 2 heterocycles. The summed E-state index contributed by atoms with van der Waals surface area (Å²) in [6, 6.07) is 13.5. The predicted molar refractivity (Wildman–Crippen MR) is 148 cm³/mol. The van der Waals surface area contributed by atoms with Crippen LogP contribution in [0, 0.1) is 0 Å². The molecule has 40 heavy (non-hydrogen) atoms. The number of carbonyl (C=O) groups excluding carboxylic acids is 1. The van der Waals surface area contributed by atoms with Gasteiger partial charge in [-0.05, 0) is 48.0 Å². The third-order valence-electron chi connectivity index (χ3n) is 5.86. The second-order valence-electron chi connectivity index (χ2n) is 8.79. The molecule has 0 aliphatic carbocycles. The first-order chi connectivity index (χ1) is 19.2. The molecule has 1 amide bonds. The van der Waals surface area contributed by atoms with E-state index < -0.39 is 22.7 Å². The summed E-state index contributed by atoms with van der Waals surface area (Å²) in [6.45, 7) is 4.52. The monoisotopic (exact) mass is 573 g/mol. The minimum atomic E-state index is -4.63. The second kappa shape index (κ2) is 13.4. The van der Waals surface area contributed by atoms with Crippen molar-refractivity contribution in [2.45, 2.75) is 6.18 Å². The number of morpholine rings is 1. The summed E-state index contributed by atoms with van der Waals surface area (Å²) in [6.07, 6.45) is -0.339. The summed E-state index contributed by atoms with van der Waals surface area (Å²) < 4.78 is 50.5. The molecular formula is C28H27ClF3N5O3. The zero-order valence-electron chi connectivity index (χ0n) is 21.3. The lowest BCUT2D eigenvalue weighted by Gasteiger charge is -2.25. The van der Waals surface area contributed by atoms with Gasteiger partial charge in [0.1, 0.15) is 23.0 Å². The molecule has 3 N–H and O–H groups in total. The van der Waals surface area contributed by atoms with Gasteiger partial charge in [0.2, 0.25) is 5.91 Å². The van der Waals surface area contributed by atoms with Crippen molar-refractivity contribution in [3.05, 3.63) is 88.7 Å². The van der Waals surface area contributed by atoms with Crippen LogP contribution in [-0.2, 0) is 15.7 Å². The summed E-state index contributed by atoms with van der Waals surface area (Å²) >= 11 is 5.62. The van der Waals surface area contributed by atoms with Crippen molar-refractivity contribution in [2.24, 2.45) is 10.7 Å². The van der Waals surface area contributed by atoms with E-state index in [-0.39, 0.29) is 5.69 Å². The van der Waals surface area contributed by atoms with Crippen LogP contribution in [-0.4, -0.2) is 61.0 Å². The summed E-state index contributed by atoms with van der Waals surface area (Å²) in [5.74, 6) is 0.696. The van der Waals surface area contributed by atoms with Crippen LogP contribution in [0.3, 0.4) is 0 Å². The van der Waals surface area contributed by atoms with E-state index in [9.17, 15) is 18.0 Å². The molecule has 1 aromatic heterocycles. The number of amidine groups is 1. The molecule has 0 radical (unpaired) electrons. The maximum absolute atomic E-state index is 13.1. The number of amides is 1. The van der Waals surface area contributed by atoms with Gasteiger partial charge in [-0.1, -0.05) is 23.7 Å². The highest BCUT2D eigenvalue weighted by Crippen LogP contribution is 2.36. The third kappa shape index (κ3) is 8.54. The number of nitrogens with zero attached hydrogens (tertiary/aromatic N) is 3. The largest absolute Gasteiger partial charge is 0.457 e. The quantitative estimate of drug-likeness (QED) is 0.206. The molecule has 8 nitrogen and oxygen atoms in total. The third-order valence-corrected chi connectivity index (χ3v) is 6.19. The van der Waals surface area contributed by atoms with Gasteiger partial charge in [-0.2, -0.15) is 13.2 Å². The summed E-state index contributed by atoms with van der Waals surface area (Å²) in [7, 11) is 0. The highest BCUT2D eigenvalue weighted by molar-refractivity contribution is 6.31. The SMILES string of the molecule is NC(=NCCN1CCOCC1)c1cc(Oc2cccc(C=CC(=O)Nc3ccc(Cl)c(C(F)(F)F)c3)c2)ccn1. The van der Waals surface area contributed by atoms with E-state index in [2.05, 4.69) is 20.2 Å². The number of anilines is 1. The fraction of sp³-hybridized carbons (Fsp3) is 0.250. The number of halogens is 4. The Morgan fingerprint density at radius 2 is 1.93 bits per heavy atom. The number of aromatic nitrogens is 1. The van der Waals surface area contributed by atoms with E-state index >= 15 is 0 Å². The Morgan fingerprint density at radius 3 is 2.70 bits per heavy atom. The van der Waals surface area contributed by atoms with Gasteiger partial charge in [-0.15, -0.1) is 0 Å². The van der Waals surface area contributed by atoms with E-state index in [0.29, 0.717) is 35.1 Å². The van der Waals surface area contributed by atoms with Gasteiger partial charge in [-0.25, -0.2) is 0 Å². The Kier molecular flexibility index (Phi) is 9.75. The molecule has 0 bridgehead atoms. The minimum Gasteiger partial charge on any atom is -0.457 e. The Balaban J connectivity index is 1.35. The van der Waals surface area contributed by atoms with Crippen LogP contribution in [0.5, 0.6) is 11.5 Å². The molecule has 210 valence electrons. The van der Waals surface area contributed by atoms with E-state index in [0.717, 1.165) is 45.0 Å². The summed E-state index contributed by atoms with van der Waals surface area (Å²) in [5.41, 5.74) is 6.21. The van der Waals surface area contributed by atoms with Crippen LogP contribution in [0.25, 0.3) is 6.08 Å². The number of benzene rings is 2. The van der Waals surface area contributed by atoms with Crippen LogP contribution in [0.2, 0.25) is 5.02 Å². The maximum Gasteiger partial charge on any atom is 0.417 e. The lowest BCUT2D eigenvalue weighted by molar-refractivity contribution is -0.137. The first kappa shape index (κ1) is 29.1. The number of alkyl halides is 3. The zero-order valence-corrected chi connectivity index (χ0v) is 22.1. The highest BCUT2D eigenvalue weighted by Gasteiger charge is 2.33. The fourth-order valence-corrected chi connectivity index (χ4v) is 4.05. The molecular weight excluding hydrogens is 547 g/mol. The number of pyridine rings is 1. The first-order valence-corrected chi connectivity index (χ1v) is 12.8. The Morgan fingerprint density at radius 1 is 1.15 bits per heavy atom. The van der Waals surface area contributed by atoms with Crippen LogP contribution < -0.4 is 15.8 Å². The molecule has 12 heteroatoms. The Hall–Kier alpha value is -3.93. The van der Waals surface area contributed by atoms with Gasteiger partial charge in [0.05, 0.1) is 30.3 Å². The Labute approximate surface area is 234 Å². The molecule has 0 unspecified atom stereocenters. The van der Waals surface area contributed by atoms with E-state index in [1.54, 1.807) is 42.6 Å². The van der Waals surface area contributed by atoms with Crippen LogP contribution >= 0.6 is 11.6 Å². The number of rotatable bonds is 9. The minimum absolute atomic E-state index is 0.0270. The van der Waals surface area contributed by atoms with E-state index in [1.807, 2.05) is 0 Å². The molecule has 1 aliphatic rings. The molecule has 0 atom stereocenters. The zero-order chi connectivity index (χ0) is 28.5. The molecule has 0 saturated carbocycles. The van der Waals surface area contributed by atoms with Gasteiger partial charge in [-0.3, -0.25) is 19.7 Å². The van der Waals surface area contributed by atoms with E-state index in [4.69, 9.17) is 26.8 Å². The van der Waals surface area contributed by atoms with Crippen molar-refractivity contribution in [1.82, 2.24) is 9.88 Å². The van der Waals surface area contributed by atoms with Crippen LogP contribution in [0.1, 0.15) is 16.8 Å². The summed E-state index contributed by atoms with van der Waals surface area (Å²) in [5, 5.41) is 1.96. The van der Waals surface area contributed by atoms with Crippen molar-refractivity contribution in [1.29, 1.82) is 0 Å². The van der Waals surface area contributed by atoms with Crippen molar-refractivity contribution >= 4 is 35.1 Å². The molecule has 3 aromatic rings. The van der Waals surface area contributed by atoms with Crippen LogP contribution in [0.15, 0.2) is 71.9 Å². The van der Waals surface area contributed by atoms with Gasteiger partial charge in [0.25, 0.3) is 0 Å². The van der Waals surface area contributed by atoms with Gasteiger partial charge >= 0.3 is 6.18 Å². The standard InChI is InChI=1S/C28H27ClF3N5O3/c29-24-6-5-20(17-23(24)28(30,31)32)36-26(38)7-4-19-2-1-3-21(16-19)40-22-8-9-34-25(18-22)27(33)35-10-11-37-12-14-39-15-13-37/h1-9,16-18H,10-15H2,(H2,33,35)(H,36,38). The number of carbonyl (C=O) groups is 1. The van der Waals surface area contributed by atoms with Crippen LogP contribution in [0.4, 0.5) is 18.9 Å². The van der Waals surface area contributed by atoms with Crippen molar-refractivity contribution in [3.8, 4) is 11.5 Å².